The van der Waals surface area contributed by atoms with Gasteiger partial charge in [0.15, 0.2) is 0 Å². The maximum Gasteiger partial charge on any atom is 0.407 e. The Labute approximate surface area is 299 Å². The van der Waals surface area contributed by atoms with E-state index in [4.69, 9.17) is 15.6 Å². The topological polar surface area (TPSA) is 156 Å². The molecule has 14 heteroatoms. The molecule has 1 aromatic heterocycles. The first kappa shape index (κ1) is 40.9. The quantitative estimate of drug-likeness (QED) is 0.129. The van der Waals surface area contributed by atoms with Crippen LogP contribution in [0.15, 0.2) is 60.8 Å². The SMILES string of the molecule is CC(C)(C)[C@H](c1cc(-c2cc(F)ccc2F)cn1Cc1ccccc1)N(CC[C@H](NC(=O)OCC[Si](C)(C)C)C(=O)NCCC(=O)O)C(=O)CN. The highest BCUT2D eigenvalue weighted by molar-refractivity contribution is 6.76. The van der Waals surface area contributed by atoms with E-state index in [1.807, 2.05) is 55.7 Å². The third-order valence-electron chi connectivity index (χ3n) is 8.26. The Bertz CT molecular complexity index is 1650. The van der Waals surface area contributed by atoms with Gasteiger partial charge in [0.2, 0.25) is 11.8 Å². The molecule has 1 heterocycles. The minimum absolute atomic E-state index is 0.0512. The van der Waals surface area contributed by atoms with Crippen molar-refractivity contribution in [2.75, 3.05) is 26.2 Å². The molecule has 0 spiro atoms. The number of nitrogens with zero attached hydrogens (tertiary/aromatic N) is 2. The number of carbonyl (C=O) groups is 4. The van der Waals surface area contributed by atoms with E-state index in [1.54, 1.807) is 12.3 Å². The van der Waals surface area contributed by atoms with E-state index < -0.39 is 61.1 Å². The molecule has 5 N–H and O–H groups in total. The Morgan fingerprint density at radius 2 is 1.73 bits per heavy atom. The maximum atomic E-state index is 15.1. The number of benzene rings is 2. The Morgan fingerprint density at radius 1 is 1.04 bits per heavy atom. The van der Waals surface area contributed by atoms with Gasteiger partial charge in [-0.15, -0.1) is 0 Å². The van der Waals surface area contributed by atoms with Gasteiger partial charge >= 0.3 is 12.1 Å². The summed E-state index contributed by atoms with van der Waals surface area (Å²) in [4.78, 5) is 52.5. The van der Waals surface area contributed by atoms with Gasteiger partial charge in [0, 0.05) is 50.7 Å². The van der Waals surface area contributed by atoms with Crippen LogP contribution in [-0.4, -0.2) is 78.8 Å². The van der Waals surface area contributed by atoms with E-state index in [0.29, 0.717) is 23.8 Å². The zero-order valence-electron chi connectivity index (χ0n) is 30.3. The van der Waals surface area contributed by atoms with Crippen molar-refractivity contribution in [2.45, 2.75) is 77.9 Å². The zero-order chi connectivity index (χ0) is 37.9. The number of nitrogens with one attached hydrogen (secondary N) is 2. The van der Waals surface area contributed by atoms with Crippen molar-refractivity contribution >= 4 is 32.0 Å². The molecular formula is C37H51F2N5O6Si. The Hall–Kier alpha value is -4.56. The smallest absolute Gasteiger partial charge is 0.407 e. The number of hydrogen-bond acceptors (Lipinski definition) is 6. The number of aromatic nitrogens is 1. The third-order valence-corrected chi connectivity index (χ3v) is 9.97. The molecule has 0 saturated carbocycles. The van der Waals surface area contributed by atoms with Crippen molar-refractivity contribution in [1.29, 1.82) is 0 Å². The fourth-order valence-electron chi connectivity index (χ4n) is 5.71. The fraction of sp³-hybridized carbons (Fsp3) is 0.459. The second-order valence-electron chi connectivity index (χ2n) is 14.8. The molecule has 0 unspecified atom stereocenters. The zero-order valence-corrected chi connectivity index (χ0v) is 31.3. The monoisotopic (exact) mass is 727 g/mol. The average Bonchev–Trinajstić information content (AvgIpc) is 3.44. The molecule has 278 valence electrons. The molecule has 3 rings (SSSR count). The summed E-state index contributed by atoms with van der Waals surface area (Å²) in [6.45, 7) is 12.1. The average molecular weight is 728 g/mol. The summed E-state index contributed by atoms with van der Waals surface area (Å²) in [7, 11) is -1.52. The highest BCUT2D eigenvalue weighted by Gasteiger charge is 2.38. The lowest BCUT2D eigenvalue weighted by molar-refractivity contribution is -0.137. The highest BCUT2D eigenvalue weighted by atomic mass is 28.3. The van der Waals surface area contributed by atoms with E-state index in [1.165, 1.54) is 4.90 Å². The number of aliphatic carboxylic acids is 1. The van der Waals surface area contributed by atoms with Crippen LogP contribution in [0.3, 0.4) is 0 Å². The highest BCUT2D eigenvalue weighted by Crippen LogP contribution is 2.41. The Kier molecular flexibility index (Phi) is 14.5. The van der Waals surface area contributed by atoms with Crippen LogP contribution < -0.4 is 16.4 Å². The Balaban J connectivity index is 2.04. The number of hydrogen-bond donors (Lipinski definition) is 4. The third kappa shape index (κ3) is 12.6. The first-order valence-corrected chi connectivity index (χ1v) is 20.7. The van der Waals surface area contributed by atoms with Gasteiger partial charge in [-0.1, -0.05) is 70.7 Å². The van der Waals surface area contributed by atoms with Crippen molar-refractivity contribution in [2.24, 2.45) is 11.1 Å². The van der Waals surface area contributed by atoms with Crippen LogP contribution >= 0.6 is 0 Å². The van der Waals surface area contributed by atoms with E-state index in [9.17, 15) is 23.6 Å². The predicted molar refractivity (Wildman–Crippen MR) is 195 cm³/mol. The second kappa shape index (κ2) is 18.1. The van der Waals surface area contributed by atoms with Crippen LogP contribution in [0.2, 0.25) is 25.7 Å². The van der Waals surface area contributed by atoms with Gasteiger partial charge in [0.1, 0.15) is 17.7 Å². The predicted octanol–water partition coefficient (Wildman–Crippen LogP) is 5.77. The number of carbonyl (C=O) groups excluding carboxylic acids is 3. The van der Waals surface area contributed by atoms with E-state index in [-0.39, 0.29) is 44.6 Å². The number of carboxylic acid groups (broad SMARTS) is 1. The van der Waals surface area contributed by atoms with Crippen LogP contribution in [-0.2, 0) is 25.7 Å². The normalized spacial score (nSPS) is 12.9. The standard InChI is InChI=1S/C37H51F2N5O6Si/c1-37(2,3)34(31-20-26(28-21-27(38)12-13-29(28)39)24-43(31)23-25-10-8-7-9-11-25)44(32(45)22-40)17-15-30(35(48)41-16-14-33(46)47)42-36(49)50-18-19-51(4,5)6/h7-13,20-21,24,30,34H,14-19,22-23,40H2,1-6H3,(H,41,48)(H,42,49)(H,46,47)/t30-,34-/m0/s1. The maximum absolute atomic E-state index is 15.1. The molecule has 3 aromatic rings. The number of ether oxygens (including phenoxy) is 1. The molecule has 11 nitrogen and oxygen atoms in total. The summed E-state index contributed by atoms with van der Waals surface area (Å²) in [5, 5.41) is 14.2. The summed E-state index contributed by atoms with van der Waals surface area (Å²) in [5.41, 5.74) is 7.31. The first-order chi connectivity index (χ1) is 23.9. The number of nitrogens with two attached hydrogens (primary N) is 1. The summed E-state index contributed by atoms with van der Waals surface area (Å²) in [5.74, 6) is -3.39. The summed E-state index contributed by atoms with van der Waals surface area (Å²) < 4.78 is 36.7. The number of rotatable bonds is 17. The van der Waals surface area contributed by atoms with Crippen molar-refractivity contribution in [1.82, 2.24) is 20.1 Å². The van der Waals surface area contributed by atoms with Crippen molar-refractivity contribution in [3.05, 3.63) is 83.7 Å². The molecule has 0 radical (unpaired) electrons. The van der Waals surface area contributed by atoms with Crippen LogP contribution in [0.25, 0.3) is 11.1 Å². The van der Waals surface area contributed by atoms with E-state index in [0.717, 1.165) is 23.8 Å². The molecule has 0 aliphatic rings. The number of halogens is 2. The minimum atomic E-state index is -1.52. The largest absolute Gasteiger partial charge is 0.481 e. The fourth-order valence-corrected chi connectivity index (χ4v) is 6.43. The lowest BCUT2D eigenvalue weighted by Crippen LogP contribution is -2.51. The van der Waals surface area contributed by atoms with Gasteiger partial charge in [0.05, 0.1) is 25.6 Å². The number of alkyl carbamates (subject to hydrolysis) is 1. The van der Waals surface area contributed by atoms with Gasteiger partial charge in [-0.05, 0) is 47.7 Å². The summed E-state index contributed by atoms with van der Waals surface area (Å²) >= 11 is 0. The molecule has 0 fully saturated rings. The lowest BCUT2D eigenvalue weighted by atomic mass is 9.82. The van der Waals surface area contributed by atoms with E-state index in [2.05, 4.69) is 30.3 Å². The van der Waals surface area contributed by atoms with Crippen molar-refractivity contribution < 1.29 is 37.8 Å². The molecule has 2 aromatic carbocycles. The molecule has 2 atom stereocenters. The molecule has 51 heavy (non-hydrogen) atoms. The molecule has 3 amide bonds. The van der Waals surface area contributed by atoms with E-state index >= 15 is 4.39 Å². The van der Waals surface area contributed by atoms with Gasteiger partial charge in [-0.2, -0.15) is 0 Å². The van der Waals surface area contributed by atoms with Gasteiger partial charge in [-0.3, -0.25) is 14.4 Å². The first-order valence-electron chi connectivity index (χ1n) is 17.0. The lowest BCUT2D eigenvalue weighted by Gasteiger charge is -2.41. The van der Waals surface area contributed by atoms with Gasteiger partial charge in [-0.25, -0.2) is 13.6 Å². The number of amides is 3. The van der Waals surface area contributed by atoms with Crippen LogP contribution in [0, 0.1) is 17.0 Å². The Morgan fingerprint density at radius 3 is 2.33 bits per heavy atom. The van der Waals surface area contributed by atoms with Crippen LogP contribution in [0.5, 0.6) is 0 Å². The van der Waals surface area contributed by atoms with Gasteiger partial charge < -0.3 is 35.7 Å². The molecular weight excluding hydrogens is 677 g/mol. The minimum Gasteiger partial charge on any atom is -0.481 e. The molecule has 0 saturated heterocycles. The molecule has 0 bridgehead atoms. The van der Waals surface area contributed by atoms with Crippen LogP contribution in [0.1, 0.15) is 50.9 Å². The summed E-state index contributed by atoms with van der Waals surface area (Å²) in [6.07, 6.45) is 0.524. The molecule has 0 aliphatic heterocycles. The summed E-state index contributed by atoms with van der Waals surface area (Å²) in [6, 6.07) is 13.3. The second-order valence-corrected chi connectivity index (χ2v) is 20.4. The molecule has 0 aliphatic carbocycles. The number of carboxylic acids is 1. The van der Waals surface area contributed by atoms with Crippen molar-refractivity contribution in [3.8, 4) is 11.1 Å². The van der Waals surface area contributed by atoms with Crippen LogP contribution in [0.4, 0.5) is 13.6 Å². The van der Waals surface area contributed by atoms with Crippen molar-refractivity contribution in [3.63, 3.8) is 0 Å². The van der Waals surface area contributed by atoms with Gasteiger partial charge in [0.25, 0.3) is 0 Å².